The van der Waals surface area contributed by atoms with Crippen molar-refractivity contribution in [2.24, 2.45) is 0 Å². The first-order valence-corrected chi connectivity index (χ1v) is 6.40. The molecule has 1 rings (SSSR count). The second-order valence-corrected chi connectivity index (χ2v) is 5.85. The van der Waals surface area contributed by atoms with Gasteiger partial charge in [-0.25, -0.2) is 13.2 Å². The van der Waals surface area contributed by atoms with Crippen molar-refractivity contribution in [3.63, 3.8) is 0 Å². The minimum Gasteiger partial charge on any atom is -0.494 e. The van der Waals surface area contributed by atoms with Gasteiger partial charge in [0.1, 0.15) is 5.56 Å². The zero-order chi connectivity index (χ0) is 10.9. The number of carbonyl (C=O) groups is 1. The monoisotopic (exact) mass is 256 g/mol. The van der Waals surface area contributed by atoms with Gasteiger partial charge in [-0.15, -0.1) is 11.3 Å². The molecule has 1 aromatic rings. The first-order chi connectivity index (χ1) is 6.38. The smallest absolute Gasteiger partial charge is 0.340 e. The van der Waals surface area contributed by atoms with Gasteiger partial charge in [-0.2, -0.15) is 0 Å². The molecule has 14 heavy (non-hydrogen) atoms. The Bertz CT molecular complexity index is 461. The largest absolute Gasteiger partial charge is 0.494 e. The van der Waals surface area contributed by atoms with Crippen LogP contribution in [0.15, 0.2) is 9.59 Å². The van der Waals surface area contributed by atoms with Crippen molar-refractivity contribution in [1.29, 1.82) is 0 Å². The summed E-state index contributed by atoms with van der Waals surface area (Å²) in [5.41, 5.74) is -0.211. The van der Waals surface area contributed by atoms with Gasteiger partial charge in [-0.05, 0) is 0 Å². The Balaban J connectivity index is 3.43. The minimum absolute atomic E-state index is 0.211. The van der Waals surface area contributed by atoms with E-state index in [0.717, 1.165) is 5.38 Å². The van der Waals surface area contributed by atoms with Crippen LogP contribution < -0.4 is 4.74 Å². The third kappa shape index (κ3) is 1.99. The van der Waals surface area contributed by atoms with Gasteiger partial charge >= 0.3 is 5.97 Å². The second-order valence-electron chi connectivity index (χ2n) is 2.21. The molecule has 0 saturated carbocycles. The topological polar surface area (TPSA) is 80.7 Å². The standard InChI is InChI=1S/C6H5ClO5S2/c1-12-4-3(5(8)9)2-13-6(4)14(7,10)11/h2H,1H3,(H,8,9). The second kappa shape index (κ2) is 3.76. The minimum atomic E-state index is -3.96. The van der Waals surface area contributed by atoms with Gasteiger partial charge in [-0.1, -0.05) is 0 Å². The maximum absolute atomic E-state index is 11.0. The lowest BCUT2D eigenvalue weighted by Gasteiger charge is -2.00. The van der Waals surface area contributed by atoms with Gasteiger partial charge in [0.2, 0.25) is 0 Å². The number of carboxylic acid groups (broad SMARTS) is 1. The Morgan fingerprint density at radius 1 is 1.64 bits per heavy atom. The number of ether oxygens (including phenoxy) is 1. The Kier molecular flexibility index (Phi) is 3.03. The quantitative estimate of drug-likeness (QED) is 0.827. The van der Waals surface area contributed by atoms with Gasteiger partial charge in [0.15, 0.2) is 9.96 Å². The van der Waals surface area contributed by atoms with Gasteiger partial charge in [0.05, 0.1) is 7.11 Å². The summed E-state index contributed by atoms with van der Waals surface area (Å²) in [4.78, 5) is 10.6. The van der Waals surface area contributed by atoms with Crippen molar-refractivity contribution in [3.8, 4) is 5.75 Å². The number of rotatable bonds is 3. The molecule has 5 nitrogen and oxygen atoms in total. The van der Waals surface area contributed by atoms with Crippen LogP contribution in [0.1, 0.15) is 10.4 Å². The van der Waals surface area contributed by atoms with Crippen molar-refractivity contribution in [3.05, 3.63) is 10.9 Å². The summed E-state index contributed by atoms with van der Waals surface area (Å²) in [5.74, 6) is -1.48. The first kappa shape index (κ1) is 11.3. The fourth-order valence-corrected chi connectivity index (χ4v) is 3.13. The highest BCUT2D eigenvalue weighted by Crippen LogP contribution is 2.36. The summed E-state index contributed by atoms with van der Waals surface area (Å²) in [7, 11) is 2.29. The zero-order valence-corrected chi connectivity index (χ0v) is 9.24. The molecule has 0 atom stereocenters. The van der Waals surface area contributed by atoms with E-state index in [0.29, 0.717) is 11.3 Å². The average molecular weight is 257 g/mol. The number of hydrogen-bond donors (Lipinski definition) is 1. The average Bonchev–Trinajstić information content (AvgIpc) is 2.45. The third-order valence-electron chi connectivity index (χ3n) is 1.37. The number of methoxy groups -OCH3 is 1. The fraction of sp³-hybridized carbons (Fsp3) is 0.167. The molecule has 0 unspecified atom stereocenters. The maximum atomic E-state index is 11.0. The van der Waals surface area contributed by atoms with Crippen LogP contribution in [0.2, 0.25) is 0 Å². The van der Waals surface area contributed by atoms with Gasteiger partial charge in [-0.3, -0.25) is 0 Å². The highest BCUT2D eigenvalue weighted by Gasteiger charge is 2.25. The van der Waals surface area contributed by atoms with E-state index >= 15 is 0 Å². The van der Waals surface area contributed by atoms with Crippen molar-refractivity contribution in [1.82, 2.24) is 0 Å². The number of carboxylic acids is 1. The number of thiophene rings is 1. The van der Waals surface area contributed by atoms with Crippen LogP contribution >= 0.6 is 22.0 Å². The van der Waals surface area contributed by atoms with E-state index < -0.39 is 15.0 Å². The predicted molar refractivity (Wildman–Crippen MR) is 50.9 cm³/mol. The Labute approximate surface area is 88.3 Å². The molecule has 78 valence electrons. The molecule has 0 fully saturated rings. The number of hydrogen-bond acceptors (Lipinski definition) is 5. The van der Waals surface area contributed by atoms with Crippen molar-refractivity contribution >= 4 is 37.0 Å². The SMILES string of the molecule is COc1c(C(=O)O)csc1S(=O)(=O)Cl. The van der Waals surface area contributed by atoms with Crippen LogP contribution in [0.25, 0.3) is 0 Å². The van der Waals surface area contributed by atoms with Crippen LogP contribution in [-0.4, -0.2) is 26.6 Å². The van der Waals surface area contributed by atoms with Crippen LogP contribution in [0.5, 0.6) is 5.75 Å². The number of aromatic carboxylic acids is 1. The van der Waals surface area contributed by atoms with Crippen LogP contribution in [-0.2, 0) is 9.05 Å². The van der Waals surface area contributed by atoms with E-state index in [1.54, 1.807) is 0 Å². The molecule has 0 bridgehead atoms. The van der Waals surface area contributed by atoms with Crippen molar-refractivity contribution < 1.29 is 23.1 Å². The van der Waals surface area contributed by atoms with Crippen molar-refractivity contribution in [2.45, 2.75) is 4.21 Å². The fourth-order valence-electron chi connectivity index (χ4n) is 0.838. The van der Waals surface area contributed by atoms with Gasteiger partial charge in [0.25, 0.3) is 9.05 Å². The van der Waals surface area contributed by atoms with E-state index in [2.05, 4.69) is 4.74 Å². The molecular formula is C6H5ClO5S2. The van der Waals surface area contributed by atoms with E-state index in [1.165, 1.54) is 7.11 Å². The van der Waals surface area contributed by atoms with Crippen LogP contribution in [0.3, 0.4) is 0 Å². The third-order valence-corrected chi connectivity index (χ3v) is 4.44. The molecule has 0 amide bonds. The zero-order valence-electron chi connectivity index (χ0n) is 6.85. The highest BCUT2D eigenvalue weighted by molar-refractivity contribution is 8.15. The van der Waals surface area contributed by atoms with Crippen LogP contribution in [0, 0.1) is 0 Å². The van der Waals surface area contributed by atoms with E-state index in [1.807, 2.05) is 0 Å². The maximum Gasteiger partial charge on any atom is 0.340 e. The molecule has 0 saturated heterocycles. The lowest BCUT2D eigenvalue weighted by molar-refractivity contribution is 0.0694. The summed E-state index contributed by atoms with van der Waals surface area (Å²) < 4.78 is 26.3. The summed E-state index contributed by atoms with van der Waals surface area (Å²) in [6.07, 6.45) is 0. The Hall–Kier alpha value is -0.790. The lowest BCUT2D eigenvalue weighted by Crippen LogP contribution is -1.99. The van der Waals surface area contributed by atoms with Gasteiger partial charge < -0.3 is 9.84 Å². The molecule has 0 spiro atoms. The first-order valence-electron chi connectivity index (χ1n) is 3.21. The van der Waals surface area contributed by atoms with E-state index in [4.69, 9.17) is 15.8 Å². The molecule has 0 aliphatic carbocycles. The summed E-state index contributed by atoms with van der Waals surface area (Å²) in [6.45, 7) is 0. The summed E-state index contributed by atoms with van der Waals surface area (Å²) in [5, 5.41) is 9.83. The normalized spacial score (nSPS) is 11.3. The highest BCUT2D eigenvalue weighted by atomic mass is 35.7. The predicted octanol–water partition coefficient (Wildman–Crippen LogP) is 1.38. The molecule has 0 aromatic carbocycles. The van der Waals surface area contributed by atoms with Gasteiger partial charge in [0, 0.05) is 16.1 Å². The van der Waals surface area contributed by atoms with Crippen LogP contribution in [0.4, 0.5) is 0 Å². The Morgan fingerprint density at radius 2 is 2.21 bits per heavy atom. The number of halogens is 1. The molecule has 1 heterocycles. The van der Waals surface area contributed by atoms with E-state index in [9.17, 15) is 13.2 Å². The molecule has 1 aromatic heterocycles. The summed E-state index contributed by atoms with van der Waals surface area (Å²) in [6, 6.07) is 0. The van der Waals surface area contributed by atoms with Crippen molar-refractivity contribution in [2.75, 3.05) is 7.11 Å². The summed E-state index contributed by atoms with van der Waals surface area (Å²) >= 11 is 0.710. The molecule has 1 N–H and O–H groups in total. The molecule has 0 radical (unpaired) electrons. The molecular weight excluding hydrogens is 252 g/mol. The van der Waals surface area contributed by atoms with E-state index in [-0.39, 0.29) is 15.5 Å². The lowest BCUT2D eigenvalue weighted by atomic mass is 10.3. The Morgan fingerprint density at radius 3 is 2.57 bits per heavy atom. The molecule has 0 aliphatic rings. The molecule has 8 heteroatoms. The molecule has 0 aliphatic heterocycles.